The summed E-state index contributed by atoms with van der Waals surface area (Å²) in [6.45, 7) is 1.19. The van der Waals surface area contributed by atoms with Gasteiger partial charge in [-0.2, -0.15) is 17.2 Å². The van der Waals surface area contributed by atoms with Gasteiger partial charge in [-0.15, -0.1) is 0 Å². The van der Waals surface area contributed by atoms with Crippen LogP contribution >= 0.6 is 0 Å². The van der Waals surface area contributed by atoms with Crippen LogP contribution in [-0.4, -0.2) is 86.5 Å². The van der Waals surface area contributed by atoms with E-state index >= 15 is 0 Å². The molecule has 0 aromatic heterocycles. The Kier molecular flexibility index (Phi) is 10.8. The van der Waals surface area contributed by atoms with Crippen LogP contribution in [0.2, 0.25) is 0 Å². The fourth-order valence-corrected chi connectivity index (χ4v) is 10.3. The van der Waals surface area contributed by atoms with Crippen LogP contribution in [0.1, 0.15) is 90.4 Å². The first-order valence-corrected chi connectivity index (χ1v) is 20.6. The van der Waals surface area contributed by atoms with E-state index in [0.717, 1.165) is 35.8 Å². The Bertz CT molecular complexity index is 1810. The average molecular weight is 795 g/mol. The second-order valence-corrected chi connectivity index (χ2v) is 18.6. The number of ketones is 1. The number of aldehydes is 1. The van der Waals surface area contributed by atoms with Crippen molar-refractivity contribution in [2.24, 2.45) is 40.4 Å². The largest absolute Gasteiger partial charge is 0.465 e. The number of carbonyl (C=O) groups is 5. The number of esters is 3. The van der Waals surface area contributed by atoms with E-state index in [2.05, 4.69) is 0 Å². The van der Waals surface area contributed by atoms with Gasteiger partial charge in [-0.3, -0.25) is 18.9 Å². The van der Waals surface area contributed by atoms with E-state index in [0.29, 0.717) is 51.4 Å². The SMILES string of the molecule is CC1C=C2CC(C(=O)OCC3(COC(=O)C45CCCC(=CC(C=O)C4)C5)COC(C4C=C5CCCC(OC(=O)C(F)(F)S(=O)(=O)O)(C5)C4)OC3)CC(C2)C1=O. The highest BCUT2D eigenvalue weighted by atomic mass is 32.2. The second-order valence-electron chi connectivity index (χ2n) is 17.2. The molecular formula is C39H48F2O13S. The molecule has 302 valence electrons. The number of alkyl halides is 2. The number of fused-ring (bicyclic) bond motifs is 6. The van der Waals surface area contributed by atoms with Crippen LogP contribution in [0.4, 0.5) is 8.78 Å². The van der Waals surface area contributed by atoms with Crippen LogP contribution in [0, 0.1) is 40.4 Å². The number of ether oxygens (including phenoxy) is 5. The van der Waals surface area contributed by atoms with Crippen molar-refractivity contribution in [3.8, 4) is 0 Å². The predicted molar refractivity (Wildman–Crippen MR) is 186 cm³/mol. The summed E-state index contributed by atoms with van der Waals surface area (Å²) in [4.78, 5) is 64.3. The molecule has 55 heavy (non-hydrogen) atoms. The highest BCUT2D eigenvalue weighted by Gasteiger charge is 2.58. The minimum absolute atomic E-state index is 0.0300. The molecule has 0 radical (unpaired) electrons. The molecule has 1 saturated heterocycles. The van der Waals surface area contributed by atoms with Crippen molar-refractivity contribution in [1.82, 2.24) is 0 Å². The summed E-state index contributed by atoms with van der Waals surface area (Å²) in [5.74, 6) is -5.14. The fraction of sp³-hybridized carbons (Fsp3) is 0.718. The number of hydrogen-bond donors (Lipinski definition) is 1. The molecule has 0 amide bonds. The summed E-state index contributed by atoms with van der Waals surface area (Å²) in [6, 6.07) is 0. The molecule has 0 spiro atoms. The van der Waals surface area contributed by atoms with Gasteiger partial charge in [-0.05, 0) is 77.0 Å². The van der Waals surface area contributed by atoms with Gasteiger partial charge in [0.2, 0.25) is 0 Å². The standard InChI is InChI=1S/C39H48F2O13S/c1-23-8-26-11-28(31(23)43)13-29(12-26)32(44)50-19-36(22-53-34(45)37-6-2-4-24(14-37)9-27(15-37)18-42)20-51-33(52-21-36)30-10-25-5-3-7-38(16-25,17-30)54-35(46)39(40,41)55(47,48)49/h8-10,18,23,27-30,33H,2-7,11-17,19-22H2,1H3,(H,47,48,49). The molecule has 1 heterocycles. The van der Waals surface area contributed by atoms with Gasteiger partial charge in [0.25, 0.3) is 0 Å². The van der Waals surface area contributed by atoms with Crippen molar-refractivity contribution in [3.05, 3.63) is 34.9 Å². The molecule has 7 aliphatic rings. The number of allylic oxidation sites excluding steroid dienone is 4. The normalized spacial score (nSPS) is 37.4. The Morgan fingerprint density at radius 1 is 0.964 bits per heavy atom. The molecule has 4 fully saturated rings. The van der Waals surface area contributed by atoms with E-state index in [1.807, 2.05) is 25.2 Å². The van der Waals surface area contributed by atoms with Gasteiger partial charge >= 0.3 is 33.3 Å². The van der Waals surface area contributed by atoms with E-state index in [9.17, 15) is 41.2 Å². The summed E-state index contributed by atoms with van der Waals surface area (Å²) in [6.07, 6.45) is 11.4. The first-order valence-electron chi connectivity index (χ1n) is 19.2. The van der Waals surface area contributed by atoms with E-state index < -0.39 is 67.8 Å². The van der Waals surface area contributed by atoms with Gasteiger partial charge in [0.15, 0.2) is 6.29 Å². The third-order valence-corrected chi connectivity index (χ3v) is 13.6. The molecule has 7 rings (SSSR count). The molecule has 6 aliphatic carbocycles. The first-order chi connectivity index (χ1) is 25.9. The topological polar surface area (TPSA) is 186 Å². The van der Waals surface area contributed by atoms with Gasteiger partial charge in [0.1, 0.15) is 30.9 Å². The maximum Gasteiger partial charge on any atom is 0.465 e. The van der Waals surface area contributed by atoms with Crippen molar-refractivity contribution in [3.63, 3.8) is 0 Å². The molecule has 6 bridgehead atoms. The van der Waals surface area contributed by atoms with Crippen LogP contribution in [0.25, 0.3) is 0 Å². The lowest BCUT2D eigenvalue weighted by atomic mass is 9.63. The lowest BCUT2D eigenvalue weighted by Crippen LogP contribution is -2.53. The van der Waals surface area contributed by atoms with Gasteiger partial charge in [-0.25, -0.2) is 4.79 Å². The van der Waals surface area contributed by atoms with Gasteiger partial charge < -0.3 is 28.5 Å². The Morgan fingerprint density at radius 2 is 1.65 bits per heavy atom. The van der Waals surface area contributed by atoms with Crippen LogP contribution in [-0.2, 0) is 57.8 Å². The van der Waals surface area contributed by atoms with Crippen molar-refractivity contribution in [1.29, 1.82) is 0 Å². The number of carbonyl (C=O) groups excluding carboxylic acids is 5. The van der Waals surface area contributed by atoms with E-state index in [1.165, 1.54) is 0 Å². The maximum atomic E-state index is 14.2. The number of halogens is 2. The summed E-state index contributed by atoms with van der Waals surface area (Å²) in [5, 5.41) is -5.15. The molecule has 0 aromatic carbocycles. The Balaban J connectivity index is 1.06. The summed E-state index contributed by atoms with van der Waals surface area (Å²) in [7, 11) is -6.07. The maximum absolute atomic E-state index is 14.2. The average Bonchev–Trinajstić information content (AvgIpc) is 3.14. The molecule has 0 aromatic rings. The number of rotatable bonds is 11. The quantitative estimate of drug-likeness (QED) is 0.0972. The molecule has 16 heteroatoms. The Labute approximate surface area is 318 Å². The fourth-order valence-electron chi connectivity index (χ4n) is 10.1. The minimum Gasteiger partial charge on any atom is -0.465 e. The molecule has 3 saturated carbocycles. The smallest absolute Gasteiger partial charge is 0.465 e. The number of hydrogen-bond acceptors (Lipinski definition) is 12. The zero-order valence-corrected chi connectivity index (χ0v) is 31.6. The first kappa shape index (κ1) is 39.9. The highest BCUT2D eigenvalue weighted by molar-refractivity contribution is 7.87. The summed E-state index contributed by atoms with van der Waals surface area (Å²) in [5.41, 5.74) is -0.593. The minimum atomic E-state index is -6.07. The van der Waals surface area contributed by atoms with Crippen molar-refractivity contribution < 1.29 is 69.4 Å². The van der Waals surface area contributed by atoms with Crippen LogP contribution < -0.4 is 0 Å². The molecule has 13 nitrogen and oxygen atoms in total. The molecule has 1 N–H and O–H groups in total. The van der Waals surface area contributed by atoms with Gasteiger partial charge in [-0.1, -0.05) is 41.9 Å². The lowest BCUT2D eigenvalue weighted by Gasteiger charge is -2.47. The molecule has 1 aliphatic heterocycles. The van der Waals surface area contributed by atoms with Crippen molar-refractivity contribution in [2.45, 2.75) is 108 Å². The van der Waals surface area contributed by atoms with Crippen LogP contribution in [0.5, 0.6) is 0 Å². The third-order valence-electron chi connectivity index (χ3n) is 12.8. The zero-order chi connectivity index (χ0) is 39.4. The highest BCUT2D eigenvalue weighted by Crippen LogP contribution is 2.50. The molecular weight excluding hydrogens is 746 g/mol. The molecule has 7 atom stereocenters. The molecule has 7 unspecified atom stereocenters. The van der Waals surface area contributed by atoms with E-state index in [-0.39, 0.29) is 69.2 Å². The summed E-state index contributed by atoms with van der Waals surface area (Å²) >= 11 is 0. The Hall–Kier alpha value is -3.34. The zero-order valence-electron chi connectivity index (χ0n) is 30.8. The van der Waals surface area contributed by atoms with Crippen LogP contribution in [0.3, 0.4) is 0 Å². The van der Waals surface area contributed by atoms with Crippen LogP contribution in [0.15, 0.2) is 34.9 Å². The third kappa shape index (κ3) is 7.97. The van der Waals surface area contributed by atoms with E-state index in [4.69, 9.17) is 28.2 Å². The van der Waals surface area contributed by atoms with Crippen molar-refractivity contribution in [2.75, 3.05) is 26.4 Å². The predicted octanol–water partition coefficient (Wildman–Crippen LogP) is 4.98. The van der Waals surface area contributed by atoms with Gasteiger partial charge in [0, 0.05) is 30.1 Å². The lowest BCUT2D eigenvalue weighted by molar-refractivity contribution is -0.266. The Morgan fingerprint density at radius 3 is 2.36 bits per heavy atom. The summed E-state index contributed by atoms with van der Waals surface area (Å²) < 4.78 is 89.6. The van der Waals surface area contributed by atoms with E-state index in [1.54, 1.807) is 0 Å². The monoisotopic (exact) mass is 794 g/mol. The van der Waals surface area contributed by atoms with Gasteiger partial charge in [0.05, 0.1) is 30.0 Å². The second kappa shape index (κ2) is 14.9. The number of Topliss-reactive ketones (excluding diaryl/α,β-unsaturated/α-hetero) is 1. The van der Waals surface area contributed by atoms with Crippen molar-refractivity contribution >= 4 is 40.1 Å².